The number of carbonyl (C=O) groups is 1. The summed E-state index contributed by atoms with van der Waals surface area (Å²) in [4.78, 5) is 30.9. The van der Waals surface area contributed by atoms with E-state index in [1.54, 1.807) is 0 Å². The van der Waals surface area contributed by atoms with E-state index in [9.17, 15) is 9.36 Å². The first-order valence-corrected chi connectivity index (χ1v) is 17.3. The molecule has 7 nitrogen and oxygen atoms in total. The summed E-state index contributed by atoms with van der Waals surface area (Å²) < 4.78 is 21.8. The average molecular weight is 602 g/mol. The summed E-state index contributed by atoms with van der Waals surface area (Å²) in [6.07, 6.45) is 21.0. The molecule has 234 valence electrons. The number of amides is 1. The molecule has 0 fully saturated rings. The Balaban J connectivity index is 1.63. The van der Waals surface area contributed by atoms with Crippen LogP contribution in [-0.2, 0) is 26.9 Å². The molecule has 2 rings (SSSR count). The zero-order valence-corrected chi connectivity index (χ0v) is 26.3. The van der Waals surface area contributed by atoms with Crippen molar-refractivity contribution in [3.63, 3.8) is 0 Å². The number of nitrogens with one attached hydrogen (secondary N) is 1. The van der Waals surface area contributed by atoms with E-state index in [0.717, 1.165) is 49.0 Å². The van der Waals surface area contributed by atoms with E-state index in [1.807, 2.05) is 54.6 Å². The second kappa shape index (κ2) is 22.1. The molecule has 0 spiro atoms. The Labute approximate surface area is 253 Å². The number of carbonyl (C=O) groups excluding carboxylic acids is 1. The van der Waals surface area contributed by atoms with Gasteiger partial charge in [-0.3, -0.25) is 9.32 Å². The Morgan fingerprint density at radius 1 is 0.810 bits per heavy atom. The highest BCUT2D eigenvalue weighted by Gasteiger charge is 2.20. The molecule has 2 aromatic carbocycles. The second-order valence-corrected chi connectivity index (χ2v) is 12.2. The zero-order valence-electron chi connectivity index (χ0n) is 25.4. The van der Waals surface area contributed by atoms with Gasteiger partial charge < -0.3 is 19.8 Å². The summed E-state index contributed by atoms with van der Waals surface area (Å²) in [7, 11) is -4.64. The highest BCUT2D eigenvalue weighted by Crippen LogP contribution is 2.35. The molecule has 0 heterocycles. The predicted octanol–water partition coefficient (Wildman–Crippen LogP) is 8.44. The maximum Gasteiger partial charge on any atom is 0.469 e. The van der Waals surface area contributed by atoms with E-state index in [4.69, 9.17) is 19.0 Å². The average Bonchev–Trinajstić information content (AvgIpc) is 2.97. The van der Waals surface area contributed by atoms with Crippen molar-refractivity contribution >= 4 is 13.7 Å². The van der Waals surface area contributed by atoms with Crippen LogP contribution in [0.2, 0.25) is 0 Å². The van der Waals surface area contributed by atoms with E-state index in [0.29, 0.717) is 19.4 Å². The van der Waals surface area contributed by atoms with Crippen LogP contribution in [0.15, 0.2) is 66.7 Å². The van der Waals surface area contributed by atoms with Gasteiger partial charge >= 0.3 is 7.82 Å². The summed E-state index contributed by atoms with van der Waals surface area (Å²) in [6, 6.07) is 16.8. The van der Waals surface area contributed by atoms with E-state index in [-0.39, 0.29) is 12.5 Å². The Morgan fingerprint density at radius 3 is 2.02 bits per heavy atom. The summed E-state index contributed by atoms with van der Waals surface area (Å²) in [5.74, 6) is 0.591. The third kappa shape index (κ3) is 18.9. The minimum atomic E-state index is -4.64. The van der Waals surface area contributed by atoms with Crippen LogP contribution in [0.3, 0.4) is 0 Å². The molecular formula is C34H52NO6P. The third-order valence-electron chi connectivity index (χ3n) is 7.13. The number of benzene rings is 2. The predicted molar refractivity (Wildman–Crippen MR) is 170 cm³/mol. The minimum absolute atomic E-state index is 0.130. The molecule has 1 amide bonds. The van der Waals surface area contributed by atoms with Crippen molar-refractivity contribution in [1.82, 2.24) is 5.32 Å². The van der Waals surface area contributed by atoms with Crippen molar-refractivity contribution in [3.8, 4) is 5.75 Å². The first-order chi connectivity index (χ1) is 20.4. The number of ether oxygens (including phenoxy) is 1. The van der Waals surface area contributed by atoms with Gasteiger partial charge in [0, 0.05) is 6.42 Å². The van der Waals surface area contributed by atoms with Crippen LogP contribution in [0.4, 0.5) is 0 Å². The monoisotopic (exact) mass is 601 g/mol. The van der Waals surface area contributed by atoms with Gasteiger partial charge in [0.1, 0.15) is 12.4 Å². The van der Waals surface area contributed by atoms with E-state index in [2.05, 4.69) is 24.4 Å². The molecule has 0 bridgehead atoms. The van der Waals surface area contributed by atoms with Crippen molar-refractivity contribution in [1.29, 1.82) is 0 Å². The summed E-state index contributed by atoms with van der Waals surface area (Å²) >= 11 is 0. The highest BCUT2D eigenvalue weighted by molar-refractivity contribution is 7.46. The lowest BCUT2D eigenvalue weighted by molar-refractivity contribution is -0.122. The van der Waals surface area contributed by atoms with Gasteiger partial charge in [0.2, 0.25) is 5.91 Å². The maximum absolute atomic E-state index is 12.6. The van der Waals surface area contributed by atoms with Crippen LogP contribution >= 0.6 is 7.82 Å². The van der Waals surface area contributed by atoms with Gasteiger partial charge in [-0.2, -0.15) is 0 Å². The third-order valence-corrected chi connectivity index (χ3v) is 7.61. The Hall–Kier alpha value is -2.44. The number of phosphoric acid groups is 1. The van der Waals surface area contributed by atoms with Crippen LogP contribution < -0.4 is 10.1 Å². The van der Waals surface area contributed by atoms with Crippen molar-refractivity contribution in [2.45, 2.75) is 116 Å². The topological polar surface area (TPSA) is 105 Å². The number of hydrogen-bond acceptors (Lipinski definition) is 4. The van der Waals surface area contributed by atoms with Crippen LogP contribution in [0.25, 0.3) is 0 Å². The van der Waals surface area contributed by atoms with Gasteiger partial charge in [0.05, 0.1) is 12.6 Å². The molecule has 0 aliphatic heterocycles. The fourth-order valence-electron chi connectivity index (χ4n) is 4.74. The van der Waals surface area contributed by atoms with Gasteiger partial charge in [-0.15, -0.1) is 0 Å². The lowest BCUT2D eigenvalue weighted by Gasteiger charge is -2.19. The van der Waals surface area contributed by atoms with E-state index in [1.165, 1.54) is 51.4 Å². The smallest absolute Gasteiger partial charge is 0.469 e. The summed E-state index contributed by atoms with van der Waals surface area (Å²) in [6.45, 7) is 2.44. The molecule has 2 aromatic rings. The van der Waals surface area contributed by atoms with Crippen LogP contribution in [0, 0.1) is 0 Å². The molecule has 8 heteroatoms. The Kier molecular flexibility index (Phi) is 18.9. The number of rotatable bonds is 24. The molecule has 1 unspecified atom stereocenters. The molecule has 1 atom stereocenters. The van der Waals surface area contributed by atoms with Gasteiger partial charge in [-0.1, -0.05) is 113 Å². The SMILES string of the molecule is CCCCCCCC/C=C\CCCCCCCC(=O)NC(COP(=O)(O)O)Cc1ccc(OCc2ccccc2)cc1. The van der Waals surface area contributed by atoms with E-state index < -0.39 is 13.9 Å². The molecule has 0 radical (unpaired) electrons. The molecule has 42 heavy (non-hydrogen) atoms. The fraction of sp³-hybridized carbons (Fsp3) is 0.559. The van der Waals surface area contributed by atoms with Gasteiger partial charge in [-0.25, -0.2) is 4.57 Å². The van der Waals surface area contributed by atoms with Crippen molar-refractivity contribution in [3.05, 3.63) is 77.9 Å². The minimum Gasteiger partial charge on any atom is -0.489 e. The van der Waals surface area contributed by atoms with Gasteiger partial charge in [0.15, 0.2) is 0 Å². The summed E-state index contributed by atoms with van der Waals surface area (Å²) in [5.41, 5.74) is 1.98. The molecule has 0 saturated carbocycles. The Bertz CT molecular complexity index is 1040. The highest BCUT2D eigenvalue weighted by atomic mass is 31.2. The normalized spacial score (nSPS) is 12.5. The maximum atomic E-state index is 12.6. The van der Waals surface area contributed by atoms with E-state index >= 15 is 0 Å². The largest absolute Gasteiger partial charge is 0.489 e. The van der Waals surface area contributed by atoms with Crippen LogP contribution in [0.5, 0.6) is 5.75 Å². The number of allylic oxidation sites excluding steroid dienone is 2. The lowest BCUT2D eigenvalue weighted by Crippen LogP contribution is -2.39. The molecule has 0 saturated heterocycles. The van der Waals surface area contributed by atoms with Crippen molar-refractivity contribution in [2.24, 2.45) is 0 Å². The van der Waals surface area contributed by atoms with Gasteiger partial charge in [-0.05, 0) is 61.8 Å². The molecule has 0 aliphatic carbocycles. The van der Waals surface area contributed by atoms with Crippen LogP contribution in [-0.4, -0.2) is 28.3 Å². The lowest BCUT2D eigenvalue weighted by atomic mass is 10.1. The standard InChI is InChI=1S/C34H52NO6P/c1-2-3-4-5-6-7-8-9-10-11-12-13-14-15-19-22-34(36)35-32(29-41-42(37,38)39)27-30-23-25-33(26-24-30)40-28-31-20-17-16-18-21-31/h9-10,16-18,20-21,23-26,32H,2-8,11-15,19,22,27-29H2,1H3,(H,35,36)(H2,37,38,39)/b10-9-. The first-order valence-electron chi connectivity index (χ1n) is 15.8. The number of phosphoric ester groups is 1. The fourth-order valence-corrected chi connectivity index (χ4v) is 5.12. The van der Waals surface area contributed by atoms with Crippen molar-refractivity contribution in [2.75, 3.05) is 6.61 Å². The van der Waals surface area contributed by atoms with Crippen LogP contribution in [0.1, 0.15) is 108 Å². The Morgan fingerprint density at radius 2 is 1.40 bits per heavy atom. The number of unbranched alkanes of at least 4 members (excludes halogenated alkanes) is 11. The zero-order chi connectivity index (χ0) is 30.3. The quantitative estimate of drug-likeness (QED) is 0.0634. The molecular weight excluding hydrogens is 549 g/mol. The van der Waals surface area contributed by atoms with Gasteiger partial charge in [0.25, 0.3) is 0 Å². The first kappa shape index (κ1) is 35.8. The van der Waals surface area contributed by atoms with Crippen molar-refractivity contribution < 1.29 is 28.4 Å². The number of hydrogen-bond donors (Lipinski definition) is 3. The molecule has 0 aromatic heterocycles. The molecule has 3 N–H and O–H groups in total. The summed E-state index contributed by atoms with van der Waals surface area (Å²) in [5, 5.41) is 2.90. The molecule has 0 aliphatic rings. The second-order valence-electron chi connectivity index (χ2n) is 11.0.